The molecule has 0 saturated heterocycles. The molecule has 1 aromatic rings. The quantitative estimate of drug-likeness (QED) is 0.696. The van der Waals surface area contributed by atoms with Crippen LogP contribution in [-0.4, -0.2) is 40.0 Å². The van der Waals surface area contributed by atoms with Crippen LogP contribution in [0.25, 0.3) is 0 Å². The van der Waals surface area contributed by atoms with Crippen molar-refractivity contribution in [3.63, 3.8) is 0 Å². The summed E-state index contributed by atoms with van der Waals surface area (Å²) in [6.45, 7) is 14.4. The fourth-order valence-corrected chi connectivity index (χ4v) is 4.46. The Hall–Kier alpha value is 0.0800. The van der Waals surface area contributed by atoms with E-state index >= 15 is 0 Å². The van der Waals surface area contributed by atoms with E-state index in [4.69, 9.17) is 0 Å². The molecule has 2 heteroatoms. The molecule has 0 saturated carbocycles. The lowest BCUT2D eigenvalue weighted by Crippen LogP contribution is -1.94. The Kier molecular flexibility index (Phi) is 4.56. The molecule has 0 bridgehead atoms. The Morgan fingerprint density at radius 3 is 1.06 bits per heavy atom. The molecule has 0 radical (unpaired) electrons. The maximum atomic E-state index is 2.40. The van der Waals surface area contributed by atoms with Gasteiger partial charge in [-0.05, 0) is 11.1 Å². The van der Waals surface area contributed by atoms with Crippen LogP contribution < -0.4 is 0 Å². The van der Waals surface area contributed by atoms with Gasteiger partial charge in [-0.3, -0.25) is 0 Å². The van der Waals surface area contributed by atoms with Gasteiger partial charge in [0.05, 0.1) is 12.3 Å². The molecule has 0 spiro atoms. The number of hydrogen-bond donors (Lipinski definition) is 0. The zero-order valence-corrected chi connectivity index (χ0v) is 13.4. The van der Waals surface area contributed by atoms with Gasteiger partial charge < -0.3 is 0 Å². The standard InChI is InChI=1S/C14H26P2/c1-15(2,3)11-13-7-9-14(10-8-13)12-16(4,5)6/h7-10H,11-12H2,1-6H3/q+2. The molecule has 0 heterocycles. The molecule has 0 aliphatic carbocycles. The van der Waals surface area contributed by atoms with Gasteiger partial charge in [0.25, 0.3) is 0 Å². The van der Waals surface area contributed by atoms with Crippen LogP contribution in [0.3, 0.4) is 0 Å². The minimum atomic E-state index is -0.687. The first-order valence-corrected chi connectivity index (χ1v) is 12.5. The second-order valence-electron chi connectivity index (χ2n) is 6.71. The molecule has 0 N–H and O–H groups in total. The first kappa shape index (κ1) is 14.1. The molecule has 0 unspecified atom stereocenters. The van der Waals surface area contributed by atoms with Crippen LogP contribution in [0.5, 0.6) is 0 Å². The van der Waals surface area contributed by atoms with Crippen LogP contribution in [0.4, 0.5) is 0 Å². The van der Waals surface area contributed by atoms with Gasteiger partial charge in [0.2, 0.25) is 0 Å². The van der Waals surface area contributed by atoms with E-state index in [0.717, 1.165) is 0 Å². The van der Waals surface area contributed by atoms with Crippen molar-refractivity contribution in [1.82, 2.24) is 0 Å². The highest BCUT2D eigenvalue weighted by Gasteiger charge is 2.19. The van der Waals surface area contributed by atoms with Crippen molar-refractivity contribution in [2.45, 2.75) is 12.3 Å². The van der Waals surface area contributed by atoms with Crippen molar-refractivity contribution in [3.8, 4) is 0 Å². The Morgan fingerprint density at radius 2 is 0.875 bits per heavy atom. The van der Waals surface area contributed by atoms with Crippen LogP contribution in [0.15, 0.2) is 24.3 Å². The van der Waals surface area contributed by atoms with E-state index in [1.807, 2.05) is 0 Å². The summed E-state index contributed by atoms with van der Waals surface area (Å²) in [4.78, 5) is 0. The van der Waals surface area contributed by atoms with Crippen LogP contribution in [-0.2, 0) is 12.3 Å². The van der Waals surface area contributed by atoms with Crippen molar-refractivity contribution < 1.29 is 0 Å². The van der Waals surface area contributed by atoms with Crippen molar-refractivity contribution in [3.05, 3.63) is 35.4 Å². The molecular formula is C14H26P2+2. The lowest BCUT2D eigenvalue weighted by atomic mass is 10.2. The largest absolute Gasteiger partial charge is 0.0834 e. The normalized spacial score (nSPS) is 12.9. The van der Waals surface area contributed by atoms with Crippen molar-refractivity contribution in [2.24, 2.45) is 0 Å². The zero-order chi connectivity index (χ0) is 12.4. The highest BCUT2D eigenvalue weighted by Crippen LogP contribution is 2.51. The van der Waals surface area contributed by atoms with Crippen LogP contribution in [0, 0.1) is 0 Å². The van der Waals surface area contributed by atoms with Gasteiger partial charge in [-0.25, -0.2) is 0 Å². The third kappa shape index (κ3) is 5.97. The second-order valence-corrected chi connectivity index (χ2v) is 16.5. The minimum Gasteiger partial charge on any atom is -0.0550 e. The smallest absolute Gasteiger partial charge is 0.0550 e. The Labute approximate surface area is 103 Å². The van der Waals surface area contributed by atoms with Gasteiger partial charge in [0.15, 0.2) is 0 Å². The lowest BCUT2D eigenvalue weighted by molar-refractivity contribution is 1.31. The summed E-state index contributed by atoms with van der Waals surface area (Å²) in [5.41, 5.74) is 3.02. The van der Waals surface area contributed by atoms with Crippen molar-refractivity contribution >= 4 is 14.5 Å². The third-order valence-corrected chi connectivity index (χ3v) is 4.96. The van der Waals surface area contributed by atoms with Crippen molar-refractivity contribution in [1.29, 1.82) is 0 Å². The van der Waals surface area contributed by atoms with E-state index in [-0.39, 0.29) is 0 Å². The summed E-state index contributed by atoms with van der Waals surface area (Å²) >= 11 is 0. The first-order valence-electron chi connectivity index (χ1n) is 5.84. The molecule has 0 nitrogen and oxygen atoms in total. The molecule has 0 fully saturated rings. The van der Waals surface area contributed by atoms with Gasteiger partial charge in [0.1, 0.15) is 0 Å². The Bertz CT molecular complexity index is 290. The van der Waals surface area contributed by atoms with Gasteiger partial charge in [-0.15, -0.1) is 0 Å². The molecule has 0 amide bonds. The molecule has 16 heavy (non-hydrogen) atoms. The number of hydrogen-bond acceptors (Lipinski definition) is 0. The van der Waals surface area contributed by atoms with E-state index in [1.54, 1.807) is 0 Å². The fourth-order valence-electron chi connectivity index (χ4n) is 1.85. The molecule has 0 aromatic heterocycles. The molecule has 0 aliphatic rings. The maximum Gasteiger partial charge on any atom is 0.0834 e. The predicted molar refractivity (Wildman–Crippen MR) is 83.2 cm³/mol. The van der Waals surface area contributed by atoms with Gasteiger partial charge >= 0.3 is 0 Å². The molecule has 0 aliphatic heterocycles. The summed E-state index contributed by atoms with van der Waals surface area (Å²) in [6.07, 6.45) is 2.55. The monoisotopic (exact) mass is 256 g/mol. The summed E-state index contributed by atoms with van der Waals surface area (Å²) in [5, 5.41) is 0. The first-order chi connectivity index (χ1) is 7.16. The summed E-state index contributed by atoms with van der Waals surface area (Å²) in [7, 11) is -1.37. The SMILES string of the molecule is C[P+](C)(C)Cc1ccc(C[P+](C)(C)C)cc1. The highest BCUT2D eigenvalue weighted by molar-refractivity contribution is 7.73. The molecule has 90 valence electrons. The van der Waals surface area contributed by atoms with Gasteiger partial charge in [0, 0.05) is 54.5 Å². The summed E-state index contributed by atoms with van der Waals surface area (Å²) in [5.74, 6) is 0. The topological polar surface area (TPSA) is 0 Å². The van der Waals surface area contributed by atoms with E-state index in [1.165, 1.54) is 23.5 Å². The Balaban J connectivity index is 2.69. The second kappa shape index (κ2) is 5.16. The van der Waals surface area contributed by atoms with Crippen LogP contribution >= 0.6 is 14.5 Å². The van der Waals surface area contributed by atoms with E-state index < -0.39 is 14.5 Å². The average Bonchev–Trinajstić information content (AvgIpc) is 2.03. The Morgan fingerprint density at radius 1 is 0.625 bits per heavy atom. The minimum absolute atomic E-state index is 0.687. The van der Waals surface area contributed by atoms with Gasteiger partial charge in [-0.1, -0.05) is 24.3 Å². The highest BCUT2D eigenvalue weighted by atomic mass is 31.2. The molecule has 1 rings (SSSR count). The lowest BCUT2D eigenvalue weighted by Gasteiger charge is -2.14. The van der Waals surface area contributed by atoms with Crippen LogP contribution in [0.2, 0.25) is 0 Å². The average molecular weight is 256 g/mol. The van der Waals surface area contributed by atoms with Gasteiger partial charge in [-0.2, -0.15) is 0 Å². The molecule has 1 aromatic carbocycles. The number of benzene rings is 1. The van der Waals surface area contributed by atoms with E-state index in [9.17, 15) is 0 Å². The summed E-state index contributed by atoms with van der Waals surface area (Å²) < 4.78 is 0. The maximum absolute atomic E-state index is 2.40. The predicted octanol–water partition coefficient (Wildman–Crippen LogP) is 4.50. The number of rotatable bonds is 4. The third-order valence-electron chi connectivity index (χ3n) is 2.34. The molecule has 0 atom stereocenters. The zero-order valence-electron chi connectivity index (χ0n) is 11.6. The van der Waals surface area contributed by atoms with Crippen LogP contribution in [0.1, 0.15) is 11.1 Å². The molecular weight excluding hydrogens is 230 g/mol. The summed E-state index contributed by atoms with van der Waals surface area (Å²) in [6, 6.07) is 9.32. The fraction of sp³-hybridized carbons (Fsp3) is 0.571. The van der Waals surface area contributed by atoms with Crippen molar-refractivity contribution in [2.75, 3.05) is 40.0 Å². The van der Waals surface area contributed by atoms with E-state index in [0.29, 0.717) is 0 Å². The van der Waals surface area contributed by atoms with E-state index in [2.05, 4.69) is 64.3 Å².